The van der Waals surface area contributed by atoms with Crippen LogP contribution in [0.4, 0.5) is 5.69 Å². The van der Waals surface area contributed by atoms with Gasteiger partial charge in [0.15, 0.2) is 0 Å². The lowest BCUT2D eigenvalue weighted by Crippen LogP contribution is -2.45. The van der Waals surface area contributed by atoms with Crippen molar-refractivity contribution in [1.82, 2.24) is 10.6 Å². The van der Waals surface area contributed by atoms with E-state index in [1.54, 1.807) is 25.3 Å². The number of nitrogens with two attached hydrogens (primary N) is 1. The second-order valence-corrected chi connectivity index (χ2v) is 4.47. The largest absolute Gasteiger partial charge is 0.495 e. The third kappa shape index (κ3) is 2.92. The summed E-state index contributed by atoms with van der Waals surface area (Å²) in [4.78, 5) is 12.1. The van der Waals surface area contributed by atoms with Gasteiger partial charge in [-0.3, -0.25) is 4.79 Å². The molecule has 1 aromatic carbocycles. The van der Waals surface area contributed by atoms with Crippen molar-refractivity contribution in [1.29, 1.82) is 0 Å². The molecule has 1 amide bonds. The molecule has 0 aromatic heterocycles. The average Bonchev–Trinajstić information content (AvgIpc) is 2.40. The molecule has 0 unspecified atom stereocenters. The first kappa shape index (κ1) is 12.7. The van der Waals surface area contributed by atoms with Crippen LogP contribution in [-0.4, -0.2) is 32.1 Å². The van der Waals surface area contributed by atoms with Gasteiger partial charge in [0.25, 0.3) is 5.91 Å². The Labute approximate surface area is 107 Å². The Morgan fingerprint density at radius 3 is 3.06 bits per heavy atom. The molecule has 2 rings (SSSR count). The van der Waals surface area contributed by atoms with Gasteiger partial charge in [-0.25, -0.2) is 0 Å². The zero-order chi connectivity index (χ0) is 13.0. The Morgan fingerprint density at radius 2 is 2.39 bits per heavy atom. The number of carbonyl (C=O) groups excluding carboxylic acids is 1. The Bertz CT molecular complexity index is 428. The molecule has 1 saturated heterocycles. The van der Waals surface area contributed by atoms with Crippen LogP contribution in [0.3, 0.4) is 0 Å². The number of anilines is 1. The molecule has 1 atom stereocenters. The molecule has 1 heterocycles. The molecule has 18 heavy (non-hydrogen) atoms. The van der Waals surface area contributed by atoms with Crippen molar-refractivity contribution in [3.05, 3.63) is 23.8 Å². The smallest absolute Gasteiger partial charge is 0.251 e. The van der Waals surface area contributed by atoms with Gasteiger partial charge >= 0.3 is 0 Å². The van der Waals surface area contributed by atoms with Crippen molar-refractivity contribution in [3.63, 3.8) is 0 Å². The molecule has 5 heteroatoms. The van der Waals surface area contributed by atoms with E-state index >= 15 is 0 Å². The summed E-state index contributed by atoms with van der Waals surface area (Å²) in [6.45, 7) is 1.86. The van der Waals surface area contributed by atoms with Gasteiger partial charge in [-0.1, -0.05) is 0 Å². The van der Waals surface area contributed by atoms with Crippen LogP contribution in [0.25, 0.3) is 0 Å². The predicted molar refractivity (Wildman–Crippen MR) is 70.8 cm³/mol. The molecule has 1 aliphatic heterocycles. The zero-order valence-corrected chi connectivity index (χ0v) is 10.5. The highest BCUT2D eigenvalue weighted by atomic mass is 16.5. The number of hydrogen-bond acceptors (Lipinski definition) is 4. The molecule has 1 aliphatic rings. The number of amides is 1. The highest BCUT2D eigenvalue weighted by Gasteiger charge is 2.16. The summed E-state index contributed by atoms with van der Waals surface area (Å²) in [5.74, 6) is 0.450. The van der Waals surface area contributed by atoms with Crippen molar-refractivity contribution in [2.75, 3.05) is 25.9 Å². The van der Waals surface area contributed by atoms with Crippen molar-refractivity contribution in [2.24, 2.45) is 0 Å². The number of rotatable bonds is 3. The van der Waals surface area contributed by atoms with E-state index in [9.17, 15) is 4.79 Å². The number of hydrogen-bond donors (Lipinski definition) is 3. The lowest BCUT2D eigenvalue weighted by Gasteiger charge is -2.23. The maximum absolute atomic E-state index is 12.1. The summed E-state index contributed by atoms with van der Waals surface area (Å²) in [6, 6.07) is 5.27. The molecule has 5 nitrogen and oxygen atoms in total. The second kappa shape index (κ2) is 5.73. The summed E-state index contributed by atoms with van der Waals surface area (Å²) in [5, 5.41) is 6.27. The molecule has 4 N–H and O–H groups in total. The summed E-state index contributed by atoms with van der Waals surface area (Å²) >= 11 is 0. The van der Waals surface area contributed by atoms with Crippen LogP contribution in [0.5, 0.6) is 5.75 Å². The first-order valence-corrected chi connectivity index (χ1v) is 6.16. The van der Waals surface area contributed by atoms with Crippen LogP contribution in [0.15, 0.2) is 18.2 Å². The third-order valence-electron chi connectivity index (χ3n) is 3.13. The van der Waals surface area contributed by atoms with Gasteiger partial charge in [0.2, 0.25) is 0 Å². The molecule has 0 saturated carbocycles. The minimum Gasteiger partial charge on any atom is -0.495 e. The molecule has 0 bridgehead atoms. The average molecular weight is 249 g/mol. The third-order valence-corrected chi connectivity index (χ3v) is 3.13. The normalized spacial score (nSPS) is 19.3. The van der Waals surface area contributed by atoms with Crippen LogP contribution >= 0.6 is 0 Å². The van der Waals surface area contributed by atoms with Crippen molar-refractivity contribution < 1.29 is 9.53 Å². The first-order chi connectivity index (χ1) is 8.70. The first-order valence-electron chi connectivity index (χ1n) is 6.16. The summed E-state index contributed by atoms with van der Waals surface area (Å²) in [5.41, 5.74) is 6.83. The fourth-order valence-corrected chi connectivity index (χ4v) is 2.10. The maximum Gasteiger partial charge on any atom is 0.251 e. The lowest BCUT2D eigenvalue weighted by molar-refractivity contribution is 0.0930. The minimum atomic E-state index is -0.0815. The number of nitrogen functional groups attached to an aromatic ring is 1. The van der Waals surface area contributed by atoms with Gasteiger partial charge < -0.3 is 21.1 Å². The van der Waals surface area contributed by atoms with E-state index in [0.29, 0.717) is 17.0 Å². The van der Waals surface area contributed by atoms with E-state index < -0.39 is 0 Å². The zero-order valence-electron chi connectivity index (χ0n) is 10.5. The Balaban J connectivity index is 2.03. The summed E-state index contributed by atoms with van der Waals surface area (Å²) in [6.07, 6.45) is 2.11. The number of nitrogens with one attached hydrogen (secondary N) is 2. The molecular formula is C13H19N3O2. The highest BCUT2D eigenvalue weighted by molar-refractivity contribution is 5.95. The monoisotopic (exact) mass is 249 g/mol. The van der Waals surface area contributed by atoms with Gasteiger partial charge in [-0.05, 0) is 37.6 Å². The highest BCUT2D eigenvalue weighted by Crippen LogP contribution is 2.22. The molecule has 0 radical (unpaired) electrons. The van der Waals surface area contributed by atoms with E-state index in [1.165, 1.54) is 0 Å². The van der Waals surface area contributed by atoms with E-state index in [0.717, 1.165) is 25.9 Å². The standard InChI is InChI=1S/C13H19N3O2/c1-18-12-7-9(4-5-11(12)14)13(17)16-10-3-2-6-15-8-10/h4-5,7,10,15H,2-3,6,8,14H2,1H3,(H,16,17)/t10-/m1/s1. The van der Waals surface area contributed by atoms with Crippen molar-refractivity contribution in [3.8, 4) is 5.75 Å². The fourth-order valence-electron chi connectivity index (χ4n) is 2.10. The molecule has 0 aliphatic carbocycles. The Hall–Kier alpha value is -1.75. The van der Waals surface area contributed by atoms with E-state index in [4.69, 9.17) is 10.5 Å². The van der Waals surface area contributed by atoms with E-state index in [-0.39, 0.29) is 11.9 Å². The van der Waals surface area contributed by atoms with E-state index in [2.05, 4.69) is 10.6 Å². The SMILES string of the molecule is COc1cc(C(=O)N[C@@H]2CCCNC2)ccc1N. The molecule has 1 fully saturated rings. The summed E-state index contributed by atoms with van der Waals surface area (Å²) < 4.78 is 5.11. The maximum atomic E-state index is 12.1. The van der Waals surface area contributed by atoms with Gasteiger partial charge in [0, 0.05) is 18.2 Å². The topological polar surface area (TPSA) is 76.4 Å². The van der Waals surface area contributed by atoms with Gasteiger partial charge in [0.05, 0.1) is 12.8 Å². The van der Waals surface area contributed by atoms with E-state index in [1.807, 2.05) is 0 Å². The number of ether oxygens (including phenoxy) is 1. The van der Waals surface area contributed by atoms with Crippen LogP contribution in [-0.2, 0) is 0 Å². The lowest BCUT2D eigenvalue weighted by atomic mass is 10.1. The minimum absolute atomic E-state index is 0.0815. The molecule has 0 spiro atoms. The fraction of sp³-hybridized carbons (Fsp3) is 0.462. The number of methoxy groups -OCH3 is 1. The number of piperidine rings is 1. The quantitative estimate of drug-likeness (QED) is 0.691. The molecule has 98 valence electrons. The van der Waals surface area contributed by atoms with Crippen LogP contribution < -0.4 is 21.1 Å². The van der Waals surface area contributed by atoms with Crippen LogP contribution in [0.2, 0.25) is 0 Å². The summed E-state index contributed by atoms with van der Waals surface area (Å²) in [7, 11) is 1.54. The predicted octanol–water partition coefficient (Wildman–Crippen LogP) is 0.759. The van der Waals surface area contributed by atoms with Crippen molar-refractivity contribution >= 4 is 11.6 Å². The number of carbonyl (C=O) groups is 1. The van der Waals surface area contributed by atoms with Crippen LogP contribution in [0.1, 0.15) is 23.2 Å². The Morgan fingerprint density at radius 1 is 1.56 bits per heavy atom. The van der Waals surface area contributed by atoms with Gasteiger partial charge in [-0.2, -0.15) is 0 Å². The van der Waals surface area contributed by atoms with Crippen LogP contribution in [0, 0.1) is 0 Å². The molecule has 1 aromatic rings. The number of benzene rings is 1. The van der Waals surface area contributed by atoms with Crippen molar-refractivity contribution in [2.45, 2.75) is 18.9 Å². The van der Waals surface area contributed by atoms with Gasteiger partial charge in [-0.15, -0.1) is 0 Å². The second-order valence-electron chi connectivity index (χ2n) is 4.47. The van der Waals surface area contributed by atoms with Gasteiger partial charge in [0.1, 0.15) is 5.75 Å². The Kier molecular flexibility index (Phi) is 4.04. The molecular weight excluding hydrogens is 230 g/mol.